The van der Waals surface area contributed by atoms with Crippen LogP contribution in [0.4, 0.5) is 0 Å². The van der Waals surface area contributed by atoms with E-state index in [0.29, 0.717) is 13.0 Å². The van der Waals surface area contributed by atoms with E-state index >= 15 is 0 Å². The van der Waals surface area contributed by atoms with Crippen LogP contribution in [0.5, 0.6) is 0 Å². The van der Waals surface area contributed by atoms with Gasteiger partial charge in [0.05, 0.1) is 25.7 Å². The lowest BCUT2D eigenvalue weighted by Gasteiger charge is -2.16. The summed E-state index contributed by atoms with van der Waals surface area (Å²) in [5, 5.41) is 14.6. The molecule has 2 aromatic rings. The third-order valence-corrected chi connectivity index (χ3v) is 3.99. The second kappa shape index (κ2) is 10.5. The first-order chi connectivity index (χ1) is 12.6. The number of hydrogen-bond acceptors (Lipinski definition) is 5. The van der Waals surface area contributed by atoms with Crippen molar-refractivity contribution < 1.29 is 24.2 Å². The third-order valence-electron chi connectivity index (χ3n) is 3.99. The van der Waals surface area contributed by atoms with Crippen molar-refractivity contribution in [3.8, 4) is 0 Å². The molecule has 2 aromatic carbocycles. The topological polar surface area (TPSA) is 84.9 Å². The second-order valence-corrected chi connectivity index (χ2v) is 6.05. The maximum absolute atomic E-state index is 12.0. The van der Waals surface area contributed by atoms with E-state index in [0.717, 1.165) is 16.3 Å². The molecule has 0 radical (unpaired) electrons. The van der Waals surface area contributed by atoms with Gasteiger partial charge >= 0.3 is 5.97 Å². The summed E-state index contributed by atoms with van der Waals surface area (Å²) in [6.07, 6.45) is 0.551. The van der Waals surface area contributed by atoms with Crippen molar-refractivity contribution in [3.63, 3.8) is 0 Å². The van der Waals surface area contributed by atoms with Gasteiger partial charge in [-0.2, -0.15) is 0 Å². The van der Waals surface area contributed by atoms with Gasteiger partial charge in [-0.05, 0) is 22.8 Å². The van der Waals surface area contributed by atoms with E-state index in [1.165, 1.54) is 7.11 Å². The van der Waals surface area contributed by atoms with Gasteiger partial charge in [-0.3, -0.25) is 9.59 Å². The quantitative estimate of drug-likeness (QED) is 0.499. The van der Waals surface area contributed by atoms with Crippen molar-refractivity contribution in [1.82, 2.24) is 5.32 Å². The first-order valence-electron chi connectivity index (χ1n) is 8.65. The minimum absolute atomic E-state index is 0.00364. The Labute approximate surface area is 153 Å². The number of benzene rings is 2. The maximum atomic E-state index is 12.0. The summed E-state index contributed by atoms with van der Waals surface area (Å²) in [6, 6.07) is 13.7. The van der Waals surface area contributed by atoms with Crippen LogP contribution in [0.1, 0.15) is 18.4 Å². The van der Waals surface area contributed by atoms with Crippen LogP contribution in [0.3, 0.4) is 0 Å². The first kappa shape index (κ1) is 19.9. The van der Waals surface area contributed by atoms with Crippen molar-refractivity contribution in [1.29, 1.82) is 0 Å². The van der Waals surface area contributed by atoms with Gasteiger partial charge in [0.2, 0.25) is 5.91 Å². The Hall–Kier alpha value is -2.44. The number of rotatable bonds is 10. The molecule has 0 aliphatic heterocycles. The summed E-state index contributed by atoms with van der Waals surface area (Å²) < 4.78 is 9.69. The largest absolute Gasteiger partial charge is 0.463 e. The Kier molecular flexibility index (Phi) is 8.05. The van der Waals surface area contributed by atoms with Crippen LogP contribution in [-0.2, 0) is 25.5 Å². The summed E-state index contributed by atoms with van der Waals surface area (Å²) in [7, 11) is 1.52. The summed E-state index contributed by atoms with van der Waals surface area (Å²) >= 11 is 0. The number of aliphatic hydroxyl groups is 1. The van der Waals surface area contributed by atoms with Crippen LogP contribution in [0.25, 0.3) is 10.8 Å². The predicted octanol–water partition coefficient (Wildman–Crippen LogP) is 1.83. The van der Waals surface area contributed by atoms with E-state index in [1.54, 1.807) is 0 Å². The lowest BCUT2D eigenvalue weighted by Crippen LogP contribution is -2.39. The van der Waals surface area contributed by atoms with E-state index < -0.39 is 12.0 Å². The smallest absolute Gasteiger partial charge is 0.306 e. The number of ether oxygens (including phenoxy) is 2. The molecule has 1 amide bonds. The van der Waals surface area contributed by atoms with Crippen LogP contribution in [0.15, 0.2) is 42.5 Å². The van der Waals surface area contributed by atoms with Crippen LogP contribution in [0, 0.1) is 0 Å². The van der Waals surface area contributed by atoms with Crippen molar-refractivity contribution in [2.24, 2.45) is 0 Å². The Morgan fingerprint density at radius 2 is 1.85 bits per heavy atom. The zero-order valence-electron chi connectivity index (χ0n) is 14.9. The minimum Gasteiger partial charge on any atom is -0.463 e. The highest BCUT2D eigenvalue weighted by Gasteiger charge is 2.14. The van der Waals surface area contributed by atoms with Crippen LogP contribution >= 0.6 is 0 Å². The molecule has 0 aromatic heterocycles. The zero-order valence-corrected chi connectivity index (χ0v) is 14.9. The van der Waals surface area contributed by atoms with Gasteiger partial charge in [0.1, 0.15) is 6.61 Å². The van der Waals surface area contributed by atoms with Gasteiger partial charge in [0.15, 0.2) is 0 Å². The highest BCUT2D eigenvalue weighted by atomic mass is 16.6. The molecule has 1 atom stereocenters. The lowest BCUT2D eigenvalue weighted by molar-refractivity contribution is -0.146. The number of fused-ring (bicyclic) bond motifs is 1. The van der Waals surface area contributed by atoms with Crippen LogP contribution in [-0.4, -0.2) is 50.0 Å². The molecule has 0 spiro atoms. The lowest BCUT2D eigenvalue weighted by atomic mass is 10.0. The van der Waals surface area contributed by atoms with Gasteiger partial charge < -0.3 is 19.9 Å². The summed E-state index contributed by atoms with van der Waals surface area (Å²) in [4.78, 5) is 23.5. The average Bonchev–Trinajstić information content (AvgIpc) is 2.66. The molecule has 0 bridgehead atoms. The SMILES string of the molecule is COCCOC(=O)CCC(=O)NC(CO)Cc1ccc2ccccc2c1. The van der Waals surface area contributed by atoms with Crippen molar-refractivity contribution in [2.75, 3.05) is 26.9 Å². The Balaban J connectivity index is 1.82. The molecule has 0 fully saturated rings. The molecule has 140 valence electrons. The van der Waals surface area contributed by atoms with Crippen LogP contribution < -0.4 is 5.32 Å². The third kappa shape index (κ3) is 6.46. The van der Waals surface area contributed by atoms with Crippen molar-refractivity contribution >= 4 is 22.6 Å². The monoisotopic (exact) mass is 359 g/mol. The van der Waals surface area contributed by atoms with Gasteiger partial charge in [-0.25, -0.2) is 0 Å². The standard InChI is InChI=1S/C20H25NO5/c1-25-10-11-26-20(24)9-8-19(23)21-18(14-22)13-15-6-7-16-4-2-3-5-17(16)12-15/h2-7,12,18,22H,8-11,13-14H2,1H3,(H,21,23). The van der Waals surface area contributed by atoms with Crippen molar-refractivity contribution in [2.45, 2.75) is 25.3 Å². The molecular formula is C20H25NO5. The fraction of sp³-hybridized carbons (Fsp3) is 0.400. The van der Waals surface area contributed by atoms with E-state index in [-0.39, 0.29) is 32.0 Å². The Morgan fingerprint density at radius 1 is 1.08 bits per heavy atom. The maximum Gasteiger partial charge on any atom is 0.306 e. The number of hydrogen-bond donors (Lipinski definition) is 2. The molecule has 26 heavy (non-hydrogen) atoms. The molecule has 2 rings (SSSR count). The van der Waals surface area contributed by atoms with Gasteiger partial charge in [-0.15, -0.1) is 0 Å². The van der Waals surface area contributed by atoms with Crippen molar-refractivity contribution in [3.05, 3.63) is 48.0 Å². The Morgan fingerprint density at radius 3 is 2.58 bits per heavy atom. The second-order valence-electron chi connectivity index (χ2n) is 6.05. The van der Waals surface area contributed by atoms with Crippen LogP contribution in [0.2, 0.25) is 0 Å². The van der Waals surface area contributed by atoms with E-state index in [2.05, 4.69) is 11.4 Å². The molecule has 6 heteroatoms. The van der Waals surface area contributed by atoms with E-state index in [9.17, 15) is 14.7 Å². The highest BCUT2D eigenvalue weighted by molar-refractivity contribution is 5.83. The fourth-order valence-electron chi connectivity index (χ4n) is 2.64. The number of carbonyl (C=O) groups excluding carboxylic acids is 2. The molecule has 0 saturated carbocycles. The minimum atomic E-state index is -0.438. The fourth-order valence-corrected chi connectivity index (χ4v) is 2.64. The highest BCUT2D eigenvalue weighted by Crippen LogP contribution is 2.16. The van der Waals surface area contributed by atoms with Gasteiger partial charge in [-0.1, -0.05) is 42.5 Å². The number of amides is 1. The molecule has 2 N–H and O–H groups in total. The molecule has 0 heterocycles. The number of methoxy groups -OCH3 is 1. The molecule has 0 aliphatic carbocycles. The number of esters is 1. The molecule has 0 aliphatic rings. The molecule has 6 nitrogen and oxygen atoms in total. The predicted molar refractivity (Wildman–Crippen MR) is 98.7 cm³/mol. The molecular weight excluding hydrogens is 334 g/mol. The zero-order chi connectivity index (χ0) is 18.8. The number of carbonyl (C=O) groups is 2. The van der Waals surface area contributed by atoms with E-state index in [1.807, 2.05) is 36.4 Å². The number of nitrogens with one attached hydrogen (secondary N) is 1. The summed E-state index contributed by atoms with van der Waals surface area (Å²) in [5.74, 6) is -0.721. The van der Waals surface area contributed by atoms with Gasteiger partial charge in [0.25, 0.3) is 0 Å². The normalized spacial score (nSPS) is 11.9. The average molecular weight is 359 g/mol. The molecule has 1 unspecified atom stereocenters. The summed E-state index contributed by atoms with van der Waals surface area (Å²) in [6.45, 7) is 0.339. The summed E-state index contributed by atoms with van der Waals surface area (Å²) in [5.41, 5.74) is 1.03. The number of aliphatic hydroxyl groups excluding tert-OH is 1. The Bertz CT molecular complexity index is 731. The van der Waals surface area contributed by atoms with Gasteiger partial charge in [0, 0.05) is 13.5 Å². The first-order valence-corrected chi connectivity index (χ1v) is 8.65. The molecule has 0 saturated heterocycles. The van der Waals surface area contributed by atoms with E-state index in [4.69, 9.17) is 9.47 Å².